The zero-order valence-electron chi connectivity index (χ0n) is 17.1. The average molecular weight is 451 g/mol. The van der Waals surface area contributed by atoms with Gasteiger partial charge in [-0.15, -0.1) is 0 Å². The lowest BCUT2D eigenvalue weighted by Crippen LogP contribution is -2.52. The molecule has 1 N–H and O–H groups in total. The normalized spacial score (nSPS) is 21.0. The first-order valence-corrected chi connectivity index (χ1v) is 11.7. The molecule has 9 heteroatoms. The molecule has 0 saturated carbocycles. The van der Waals surface area contributed by atoms with Crippen LogP contribution in [0.3, 0.4) is 0 Å². The molecular weight excluding hydrogens is 424 g/mol. The number of thiol groups is 1. The van der Waals surface area contributed by atoms with Crippen LogP contribution in [0.4, 0.5) is 0 Å². The third-order valence-corrected chi connectivity index (χ3v) is 7.53. The molecule has 1 heterocycles. The molecule has 1 aliphatic rings. The van der Waals surface area contributed by atoms with Gasteiger partial charge in [-0.3, -0.25) is 4.79 Å². The molecule has 7 nitrogen and oxygen atoms in total. The second kappa shape index (κ2) is 8.95. The maximum Gasteiger partial charge on any atom is 0.328 e. The summed E-state index contributed by atoms with van der Waals surface area (Å²) >= 11 is 4.42. The van der Waals surface area contributed by atoms with E-state index in [1.807, 2.05) is 24.3 Å². The summed E-state index contributed by atoms with van der Waals surface area (Å²) in [4.78, 5) is 25.1. The lowest BCUT2D eigenvalue weighted by Gasteiger charge is -2.26. The van der Waals surface area contributed by atoms with Crippen LogP contribution in [0.2, 0.25) is 0 Å². The Balaban J connectivity index is 1.90. The summed E-state index contributed by atoms with van der Waals surface area (Å²) in [7, 11) is -2.68. The van der Waals surface area contributed by atoms with Crippen LogP contribution in [0.1, 0.15) is 20.3 Å². The molecule has 3 rings (SSSR count). The van der Waals surface area contributed by atoms with E-state index in [1.54, 1.807) is 32.0 Å². The summed E-state index contributed by atoms with van der Waals surface area (Å²) in [6.07, 6.45) is 0.258. The number of nitrogens with one attached hydrogen (secondary N) is 1. The van der Waals surface area contributed by atoms with Crippen molar-refractivity contribution in [3.05, 3.63) is 42.5 Å². The summed E-state index contributed by atoms with van der Waals surface area (Å²) < 4.78 is 32.7. The van der Waals surface area contributed by atoms with Crippen LogP contribution in [0.15, 0.2) is 47.4 Å². The Hall–Kier alpha value is -2.10. The molecule has 1 saturated heterocycles. The van der Waals surface area contributed by atoms with E-state index < -0.39 is 34.0 Å². The predicted octanol–water partition coefficient (Wildman–Crippen LogP) is 2.22. The van der Waals surface area contributed by atoms with E-state index in [0.29, 0.717) is 0 Å². The molecule has 0 radical (unpaired) electrons. The molecule has 2 aromatic carbocycles. The van der Waals surface area contributed by atoms with Crippen molar-refractivity contribution in [1.82, 2.24) is 9.62 Å². The molecule has 1 aliphatic heterocycles. The number of sulfonamides is 1. The summed E-state index contributed by atoms with van der Waals surface area (Å²) in [5, 5.41) is 4.10. The number of fused-ring (bicyclic) bond motifs is 1. The van der Waals surface area contributed by atoms with Crippen molar-refractivity contribution >= 4 is 45.3 Å². The minimum atomic E-state index is -3.93. The Labute approximate surface area is 182 Å². The molecule has 0 aromatic heterocycles. The molecule has 0 bridgehead atoms. The van der Waals surface area contributed by atoms with Gasteiger partial charge in [-0.2, -0.15) is 16.9 Å². The maximum absolute atomic E-state index is 13.4. The predicted molar refractivity (Wildman–Crippen MR) is 118 cm³/mol. The lowest BCUT2D eigenvalue weighted by atomic mass is 10.0. The number of carbonyl (C=O) groups excluding carboxylic acids is 2. The third-order valence-electron chi connectivity index (χ3n) is 5.28. The Morgan fingerprint density at radius 3 is 2.47 bits per heavy atom. The van der Waals surface area contributed by atoms with Crippen molar-refractivity contribution in [3.8, 4) is 0 Å². The van der Waals surface area contributed by atoms with Crippen LogP contribution >= 0.6 is 12.6 Å². The highest BCUT2D eigenvalue weighted by Gasteiger charge is 2.44. The molecule has 2 aromatic rings. The van der Waals surface area contributed by atoms with Crippen molar-refractivity contribution < 1.29 is 22.7 Å². The number of esters is 1. The van der Waals surface area contributed by atoms with E-state index in [9.17, 15) is 18.0 Å². The molecule has 30 heavy (non-hydrogen) atoms. The second-order valence-electron chi connectivity index (χ2n) is 7.74. The molecule has 1 amide bonds. The Morgan fingerprint density at radius 2 is 1.83 bits per heavy atom. The van der Waals surface area contributed by atoms with E-state index in [-0.39, 0.29) is 29.0 Å². The van der Waals surface area contributed by atoms with Crippen molar-refractivity contribution in [2.24, 2.45) is 5.92 Å². The summed E-state index contributed by atoms with van der Waals surface area (Å²) in [5.74, 6) is -1.30. The van der Waals surface area contributed by atoms with E-state index in [4.69, 9.17) is 4.74 Å². The van der Waals surface area contributed by atoms with Crippen LogP contribution in [-0.2, 0) is 24.3 Å². The van der Waals surface area contributed by atoms with Gasteiger partial charge in [0.05, 0.1) is 12.0 Å². The van der Waals surface area contributed by atoms with Gasteiger partial charge in [0.15, 0.2) is 0 Å². The fourth-order valence-electron chi connectivity index (χ4n) is 3.63. The molecule has 1 unspecified atom stereocenters. The van der Waals surface area contributed by atoms with Gasteiger partial charge >= 0.3 is 5.97 Å². The Bertz CT molecular complexity index is 1050. The van der Waals surface area contributed by atoms with Gasteiger partial charge in [-0.25, -0.2) is 13.2 Å². The molecule has 162 valence electrons. The fraction of sp³-hybridized carbons (Fsp3) is 0.429. The van der Waals surface area contributed by atoms with Crippen molar-refractivity contribution in [2.45, 2.75) is 42.5 Å². The quantitative estimate of drug-likeness (QED) is 0.520. The monoisotopic (exact) mass is 450 g/mol. The van der Waals surface area contributed by atoms with E-state index >= 15 is 0 Å². The first-order valence-electron chi connectivity index (χ1n) is 9.72. The van der Waals surface area contributed by atoms with Gasteiger partial charge in [0, 0.05) is 11.8 Å². The fourth-order valence-corrected chi connectivity index (χ4v) is 5.79. The SMILES string of the molecule is COC(=O)C(NC(=O)[C@@H]1C[C@H](S)CN1S(=O)(=O)c1ccc2ccccc2c1)C(C)C. The number of carbonyl (C=O) groups is 2. The van der Waals surface area contributed by atoms with Gasteiger partial charge in [0.1, 0.15) is 12.1 Å². The number of hydrogen-bond donors (Lipinski definition) is 2. The van der Waals surface area contributed by atoms with Crippen LogP contribution in [-0.4, -0.2) is 55.6 Å². The highest BCUT2D eigenvalue weighted by atomic mass is 32.2. The summed E-state index contributed by atoms with van der Waals surface area (Å²) in [6, 6.07) is 10.6. The van der Waals surface area contributed by atoms with E-state index in [2.05, 4.69) is 17.9 Å². The molecule has 0 spiro atoms. The topological polar surface area (TPSA) is 92.8 Å². The highest BCUT2D eigenvalue weighted by Crippen LogP contribution is 2.30. The van der Waals surface area contributed by atoms with Crippen LogP contribution in [0.5, 0.6) is 0 Å². The van der Waals surface area contributed by atoms with Crippen molar-refractivity contribution in [3.63, 3.8) is 0 Å². The largest absolute Gasteiger partial charge is 0.467 e. The number of rotatable bonds is 6. The smallest absolute Gasteiger partial charge is 0.328 e. The Kier molecular flexibility index (Phi) is 6.74. The first kappa shape index (κ1) is 22.6. The summed E-state index contributed by atoms with van der Waals surface area (Å²) in [6.45, 7) is 3.67. The van der Waals surface area contributed by atoms with Crippen molar-refractivity contribution in [1.29, 1.82) is 0 Å². The minimum absolute atomic E-state index is 0.112. The third kappa shape index (κ3) is 4.48. The average Bonchev–Trinajstić information content (AvgIpc) is 3.13. The van der Waals surface area contributed by atoms with Crippen molar-refractivity contribution in [2.75, 3.05) is 13.7 Å². The van der Waals surface area contributed by atoms with Gasteiger partial charge in [-0.1, -0.05) is 44.2 Å². The number of benzene rings is 2. The zero-order chi connectivity index (χ0) is 22.1. The number of ether oxygens (including phenoxy) is 1. The highest BCUT2D eigenvalue weighted by molar-refractivity contribution is 7.89. The minimum Gasteiger partial charge on any atom is -0.467 e. The molecule has 3 atom stereocenters. The maximum atomic E-state index is 13.4. The lowest BCUT2D eigenvalue weighted by molar-refractivity contribution is -0.146. The van der Waals surface area contributed by atoms with Gasteiger partial charge in [0.2, 0.25) is 15.9 Å². The second-order valence-corrected chi connectivity index (χ2v) is 10.4. The van der Waals surface area contributed by atoms with Crippen LogP contribution in [0, 0.1) is 5.92 Å². The zero-order valence-corrected chi connectivity index (χ0v) is 18.8. The number of methoxy groups -OCH3 is 1. The van der Waals surface area contributed by atoms with Gasteiger partial charge < -0.3 is 10.1 Å². The first-order chi connectivity index (χ1) is 14.1. The molecule has 1 fully saturated rings. The van der Waals surface area contributed by atoms with Gasteiger partial charge in [-0.05, 0) is 35.2 Å². The van der Waals surface area contributed by atoms with E-state index in [0.717, 1.165) is 10.8 Å². The van der Waals surface area contributed by atoms with Crippen LogP contribution in [0.25, 0.3) is 10.8 Å². The Morgan fingerprint density at radius 1 is 1.17 bits per heavy atom. The summed E-state index contributed by atoms with van der Waals surface area (Å²) in [5.41, 5.74) is 0. The standard InChI is InChI=1S/C21H26N2O5S2/c1-13(2)19(21(25)28-3)22-20(24)18-11-16(29)12-23(18)30(26,27)17-9-8-14-6-4-5-7-15(14)10-17/h4-10,13,16,18-19,29H,11-12H2,1-3H3,(H,22,24)/t16-,18-,19?/m0/s1. The number of hydrogen-bond acceptors (Lipinski definition) is 6. The van der Waals surface area contributed by atoms with Crippen LogP contribution < -0.4 is 5.32 Å². The number of amides is 1. The van der Waals surface area contributed by atoms with Gasteiger partial charge in [0.25, 0.3) is 0 Å². The van der Waals surface area contributed by atoms with E-state index in [1.165, 1.54) is 11.4 Å². The molecule has 0 aliphatic carbocycles. The molecular formula is C21H26N2O5S2. The number of nitrogens with zero attached hydrogens (tertiary/aromatic N) is 1.